The Bertz CT molecular complexity index is 807. The van der Waals surface area contributed by atoms with Crippen LogP contribution in [-0.4, -0.2) is 58.4 Å². The maximum absolute atomic E-state index is 12.7. The van der Waals surface area contributed by atoms with E-state index in [4.69, 9.17) is 5.73 Å². The molecule has 0 aromatic carbocycles. The second-order valence-electron chi connectivity index (χ2n) is 8.14. The number of carbonyl (C=O) groups excluding carboxylic acids is 3. The highest BCUT2D eigenvalue weighted by Gasteiger charge is 2.34. The maximum atomic E-state index is 12.7. The summed E-state index contributed by atoms with van der Waals surface area (Å²) in [5.74, 6) is -1.23. The average Bonchev–Trinajstić information content (AvgIpc) is 3.24. The molecule has 4 amide bonds. The van der Waals surface area contributed by atoms with Crippen LogP contribution in [0.4, 0.5) is 4.79 Å². The third kappa shape index (κ3) is 6.52. The van der Waals surface area contributed by atoms with E-state index in [-0.39, 0.29) is 24.5 Å². The minimum atomic E-state index is -1.24. The first-order chi connectivity index (χ1) is 14.8. The number of carbonyl (C=O) groups is 3. The molecule has 170 valence electrons. The van der Waals surface area contributed by atoms with Crippen molar-refractivity contribution < 1.29 is 24.6 Å². The first kappa shape index (κ1) is 23.2. The highest BCUT2D eigenvalue weighted by Crippen LogP contribution is 2.21. The minimum Gasteiger partial charge on any atom is -0.390 e. The Kier molecular flexibility index (Phi) is 8.05. The van der Waals surface area contributed by atoms with Crippen LogP contribution in [0.15, 0.2) is 29.2 Å². The van der Waals surface area contributed by atoms with Crippen LogP contribution < -0.4 is 21.7 Å². The number of rotatable bonds is 7. The van der Waals surface area contributed by atoms with Gasteiger partial charge in [0.15, 0.2) is 0 Å². The van der Waals surface area contributed by atoms with E-state index >= 15 is 0 Å². The largest absolute Gasteiger partial charge is 0.390 e. The minimum absolute atomic E-state index is 0.0831. The molecule has 0 saturated heterocycles. The SMILES string of the molecule is NC(=O)C(Cc1cccs1)NC(=O)C1=CC(NC(=O)NC2CCCCC2)C(O)C(O)C1. The Balaban J connectivity index is 1.63. The lowest BCUT2D eigenvalue weighted by Crippen LogP contribution is -2.55. The lowest BCUT2D eigenvalue weighted by molar-refractivity contribution is -0.125. The Morgan fingerprint density at radius 1 is 1.16 bits per heavy atom. The molecule has 0 bridgehead atoms. The van der Waals surface area contributed by atoms with Crippen molar-refractivity contribution in [3.05, 3.63) is 34.0 Å². The van der Waals surface area contributed by atoms with Gasteiger partial charge in [-0.05, 0) is 24.3 Å². The molecule has 1 heterocycles. The molecule has 4 atom stereocenters. The number of amides is 4. The number of hydrogen-bond donors (Lipinski definition) is 6. The number of thiophene rings is 1. The van der Waals surface area contributed by atoms with Gasteiger partial charge in [0, 0.05) is 29.3 Å². The third-order valence-electron chi connectivity index (χ3n) is 5.74. The Morgan fingerprint density at radius 2 is 1.90 bits per heavy atom. The average molecular weight is 451 g/mol. The molecule has 0 aliphatic heterocycles. The van der Waals surface area contributed by atoms with Crippen molar-refractivity contribution in [3.8, 4) is 0 Å². The molecule has 31 heavy (non-hydrogen) atoms. The van der Waals surface area contributed by atoms with Crippen molar-refractivity contribution in [3.63, 3.8) is 0 Å². The molecule has 2 aliphatic rings. The maximum Gasteiger partial charge on any atom is 0.315 e. The lowest BCUT2D eigenvalue weighted by Gasteiger charge is -2.32. The van der Waals surface area contributed by atoms with Crippen LogP contribution >= 0.6 is 11.3 Å². The second-order valence-corrected chi connectivity index (χ2v) is 9.18. The fourth-order valence-corrected chi connectivity index (χ4v) is 4.75. The monoisotopic (exact) mass is 450 g/mol. The van der Waals surface area contributed by atoms with E-state index in [0.29, 0.717) is 0 Å². The van der Waals surface area contributed by atoms with Crippen molar-refractivity contribution in [2.24, 2.45) is 5.73 Å². The van der Waals surface area contributed by atoms with Gasteiger partial charge in [-0.15, -0.1) is 11.3 Å². The van der Waals surface area contributed by atoms with Crippen molar-refractivity contribution in [2.75, 3.05) is 0 Å². The number of nitrogens with one attached hydrogen (secondary N) is 3. The van der Waals surface area contributed by atoms with Gasteiger partial charge < -0.3 is 31.9 Å². The molecule has 10 heteroatoms. The van der Waals surface area contributed by atoms with E-state index in [9.17, 15) is 24.6 Å². The summed E-state index contributed by atoms with van der Waals surface area (Å²) in [5, 5.41) is 30.5. The molecule has 0 spiro atoms. The standard InChI is InChI=1S/C21H30N4O5S/c22-19(28)16(11-14-7-4-8-31-14)24-20(29)12-9-15(18(27)17(26)10-12)25-21(30)23-13-5-2-1-3-6-13/h4,7-9,13,15-18,26-27H,1-3,5-6,10-11H2,(H2,22,28)(H,24,29)(H2,23,25,30). The fourth-order valence-electron chi connectivity index (χ4n) is 3.99. The highest BCUT2D eigenvalue weighted by atomic mass is 32.1. The zero-order valence-electron chi connectivity index (χ0n) is 17.3. The predicted octanol–water partition coefficient (Wildman–Crippen LogP) is 0.313. The molecular weight excluding hydrogens is 420 g/mol. The van der Waals surface area contributed by atoms with Crippen molar-refractivity contribution in [1.82, 2.24) is 16.0 Å². The van der Waals surface area contributed by atoms with Crippen molar-refractivity contribution >= 4 is 29.2 Å². The molecule has 1 aromatic heterocycles. The topological polar surface area (TPSA) is 154 Å². The van der Waals surface area contributed by atoms with Crippen LogP contribution in [0.25, 0.3) is 0 Å². The molecule has 2 aliphatic carbocycles. The summed E-state index contributed by atoms with van der Waals surface area (Å²) in [7, 11) is 0. The van der Waals surface area contributed by atoms with E-state index in [1.165, 1.54) is 17.4 Å². The third-order valence-corrected chi connectivity index (χ3v) is 6.63. The van der Waals surface area contributed by atoms with Crippen LogP contribution in [0.2, 0.25) is 0 Å². The number of urea groups is 1. The lowest BCUT2D eigenvalue weighted by atomic mass is 9.90. The van der Waals surface area contributed by atoms with Crippen LogP contribution in [0.5, 0.6) is 0 Å². The van der Waals surface area contributed by atoms with Crippen LogP contribution in [0.3, 0.4) is 0 Å². The van der Waals surface area contributed by atoms with Gasteiger partial charge in [-0.25, -0.2) is 4.79 Å². The normalized spacial score (nSPS) is 25.2. The Hall–Kier alpha value is -2.43. The Morgan fingerprint density at radius 3 is 2.55 bits per heavy atom. The summed E-state index contributed by atoms with van der Waals surface area (Å²) in [4.78, 5) is 37.8. The van der Waals surface area contributed by atoms with E-state index in [0.717, 1.165) is 37.0 Å². The summed E-state index contributed by atoms with van der Waals surface area (Å²) in [6, 6.07) is 1.48. The van der Waals surface area contributed by atoms with E-state index in [2.05, 4.69) is 16.0 Å². The molecule has 1 fully saturated rings. The summed E-state index contributed by atoms with van der Waals surface area (Å²) < 4.78 is 0. The molecular formula is C21H30N4O5S. The molecule has 9 nitrogen and oxygen atoms in total. The van der Waals surface area contributed by atoms with Crippen molar-refractivity contribution in [1.29, 1.82) is 0 Å². The molecule has 7 N–H and O–H groups in total. The van der Waals surface area contributed by atoms with E-state index < -0.39 is 42.1 Å². The predicted molar refractivity (Wildman–Crippen MR) is 116 cm³/mol. The van der Waals surface area contributed by atoms with Crippen molar-refractivity contribution in [2.45, 2.75) is 75.3 Å². The quantitative estimate of drug-likeness (QED) is 0.353. The first-order valence-corrected chi connectivity index (χ1v) is 11.5. The summed E-state index contributed by atoms with van der Waals surface area (Å²) in [6.07, 6.45) is 4.23. The number of nitrogens with two attached hydrogens (primary N) is 1. The highest BCUT2D eigenvalue weighted by molar-refractivity contribution is 7.09. The smallest absolute Gasteiger partial charge is 0.315 e. The molecule has 4 unspecified atom stereocenters. The molecule has 1 aromatic rings. The van der Waals surface area contributed by atoms with Crippen LogP contribution in [-0.2, 0) is 16.0 Å². The van der Waals surface area contributed by atoms with Gasteiger partial charge in [0.25, 0.3) is 0 Å². The van der Waals surface area contributed by atoms with Gasteiger partial charge in [0.2, 0.25) is 11.8 Å². The number of hydrogen-bond acceptors (Lipinski definition) is 6. The first-order valence-electron chi connectivity index (χ1n) is 10.6. The number of aliphatic hydroxyl groups is 2. The second kappa shape index (κ2) is 10.7. The summed E-state index contributed by atoms with van der Waals surface area (Å²) in [5.41, 5.74) is 5.62. The van der Waals surface area contributed by atoms with Gasteiger partial charge in [-0.1, -0.05) is 31.4 Å². The van der Waals surface area contributed by atoms with Gasteiger partial charge in [0.05, 0.1) is 12.1 Å². The molecule has 0 radical (unpaired) electrons. The summed E-state index contributed by atoms with van der Waals surface area (Å²) in [6.45, 7) is 0. The van der Waals surface area contributed by atoms with Gasteiger partial charge >= 0.3 is 6.03 Å². The van der Waals surface area contributed by atoms with Crippen LogP contribution in [0, 0.1) is 0 Å². The van der Waals surface area contributed by atoms with Gasteiger partial charge in [-0.2, -0.15) is 0 Å². The van der Waals surface area contributed by atoms with Gasteiger partial charge in [-0.3, -0.25) is 9.59 Å². The van der Waals surface area contributed by atoms with Gasteiger partial charge in [0.1, 0.15) is 12.1 Å². The summed E-state index contributed by atoms with van der Waals surface area (Å²) >= 11 is 1.45. The fraction of sp³-hybridized carbons (Fsp3) is 0.571. The number of aliphatic hydroxyl groups excluding tert-OH is 2. The zero-order chi connectivity index (χ0) is 22.4. The van der Waals surface area contributed by atoms with E-state index in [1.807, 2.05) is 17.5 Å². The molecule has 1 saturated carbocycles. The van der Waals surface area contributed by atoms with E-state index in [1.54, 1.807) is 0 Å². The number of primary amides is 1. The zero-order valence-corrected chi connectivity index (χ0v) is 18.1. The molecule has 3 rings (SSSR count). The van der Waals surface area contributed by atoms with Crippen LogP contribution in [0.1, 0.15) is 43.4 Å². The Labute approximate surface area is 185 Å².